The smallest absolute Gasteiger partial charge is 0.233 e. The maximum atomic E-state index is 4.90. The summed E-state index contributed by atoms with van der Waals surface area (Å²) in [5.74, 6) is 0.514. The van der Waals surface area contributed by atoms with Crippen LogP contribution in [0.1, 0.15) is 0 Å². The molecule has 0 bridgehead atoms. The fourth-order valence-corrected chi connectivity index (χ4v) is 1.49. The lowest BCUT2D eigenvalue weighted by Crippen LogP contribution is -1.91. The molecule has 0 N–H and O–H groups in total. The van der Waals surface area contributed by atoms with Gasteiger partial charge in [0.15, 0.2) is 0 Å². The quantitative estimate of drug-likeness (QED) is 0.727. The van der Waals surface area contributed by atoms with Crippen LogP contribution in [0, 0.1) is 0 Å². The monoisotopic (exact) mass is 193 g/mol. The summed E-state index contributed by atoms with van der Waals surface area (Å²) in [7, 11) is 1.56. The van der Waals surface area contributed by atoms with Crippen LogP contribution >= 0.6 is 11.3 Å². The van der Waals surface area contributed by atoms with E-state index in [1.807, 2.05) is 11.4 Å². The van der Waals surface area contributed by atoms with Crippen molar-refractivity contribution in [3.63, 3.8) is 0 Å². The predicted molar refractivity (Wildman–Crippen MR) is 49.7 cm³/mol. The molecule has 0 amide bonds. The lowest BCUT2D eigenvalue weighted by molar-refractivity contribution is 0.392. The Hall–Kier alpha value is -1.49. The molecule has 0 unspecified atom stereocenters. The van der Waals surface area contributed by atoms with Gasteiger partial charge in [0.05, 0.1) is 7.11 Å². The number of hydrogen-bond donors (Lipinski definition) is 0. The number of nitrogens with zero attached hydrogens (tertiary/aromatic N) is 3. The predicted octanol–water partition coefficient (Wildman–Crippen LogP) is 1.61. The lowest BCUT2D eigenvalue weighted by atomic mass is 10.4. The zero-order valence-electron chi connectivity index (χ0n) is 6.97. The van der Waals surface area contributed by atoms with Crippen LogP contribution in [0.5, 0.6) is 5.88 Å². The molecular formula is C8H7N3OS. The van der Waals surface area contributed by atoms with Crippen molar-refractivity contribution >= 4 is 11.3 Å². The molecular weight excluding hydrogens is 186 g/mol. The second-order valence-corrected chi connectivity index (χ2v) is 3.19. The van der Waals surface area contributed by atoms with Gasteiger partial charge in [-0.15, -0.1) is 21.5 Å². The molecule has 0 saturated carbocycles. The summed E-state index contributed by atoms with van der Waals surface area (Å²) in [4.78, 5) is 4.12. The first-order valence-electron chi connectivity index (χ1n) is 3.68. The molecule has 5 heteroatoms. The number of hydrogen-bond acceptors (Lipinski definition) is 5. The number of methoxy groups -OCH3 is 1. The highest BCUT2D eigenvalue weighted by Crippen LogP contribution is 2.19. The summed E-state index contributed by atoms with van der Waals surface area (Å²) >= 11 is 1.54. The highest BCUT2D eigenvalue weighted by atomic mass is 32.1. The summed E-state index contributed by atoms with van der Waals surface area (Å²) in [6.07, 6.45) is 1.74. The van der Waals surface area contributed by atoms with Crippen molar-refractivity contribution in [3.05, 3.63) is 23.7 Å². The van der Waals surface area contributed by atoms with Crippen LogP contribution in [0.25, 0.3) is 10.7 Å². The SMILES string of the molecule is COc1ccc(-c2nccs2)nn1. The standard InChI is InChI=1S/C8H7N3OS/c1-12-7-3-2-6(10-11-7)8-9-4-5-13-8/h2-5H,1H3. The first-order valence-corrected chi connectivity index (χ1v) is 4.55. The van der Waals surface area contributed by atoms with E-state index in [4.69, 9.17) is 4.74 Å². The third-order valence-corrected chi connectivity index (χ3v) is 2.30. The number of ether oxygens (including phenoxy) is 1. The van der Waals surface area contributed by atoms with Gasteiger partial charge < -0.3 is 4.74 Å². The maximum absolute atomic E-state index is 4.90. The Kier molecular flexibility index (Phi) is 2.18. The molecule has 13 heavy (non-hydrogen) atoms. The summed E-state index contributed by atoms with van der Waals surface area (Å²) in [6, 6.07) is 3.61. The molecule has 0 saturated heterocycles. The molecule has 0 aliphatic rings. The van der Waals surface area contributed by atoms with Gasteiger partial charge in [0.25, 0.3) is 0 Å². The normalized spacial score (nSPS) is 9.92. The van der Waals surface area contributed by atoms with Crippen LogP contribution in [0.2, 0.25) is 0 Å². The van der Waals surface area contributed by atoms with E-state index < -0.39 is 0 Å². The van der Waals surface area contributed by atoms with Crippen molar-refractivity contribution in [2.75, 3.05) is 7.11 Å². The average molecular weight is 193 g/mol. The minimum absolute atomic E-state index is 0.514. The molecule has 0 fully saturated rings. The Morgan fingerprint density at radius 3 is 2.77 bits per heavy atom. The van der Waals surface area contributed by atoms with E-state index in [1.54, 1.807) is 19.4 Å². The van der Waals surface area contributed by atoms with E-state index in [2.05, 4.69) is 15.2 Å². The Morgan fingerprint density at radius 1 is 1.31 bits per heavy atom. The molecule has 4 nitrogen and oxygen atoms in total. The second-order valence-electron chi connectivity index (χ2n) is 2.30. The Balaban J connectivity index is 2.33. The van der Waals surface area contributed by atoms with Gasteiger partial charge in [-0.3, -0.25) is 0 Å². The molecule has 0 radical (unpaired) electrons. The average Bonchev–Trinajstić information content (AvgIpc) is 2.71. The van der Waals surface area contributed by atoms with Gasteiger partial charge >= 0.3 is 0 Å². The molecule has 0 aliphatic carbocycles. The third-order valence-electron chi connectivity index (χ3n) is 1.50. The fraction of sp³-hybridized carbons (Fsp3) is 0.125. The minimum Gasteiger partial charge on any atom is -0.480 e. The topological polar surface area (TPSA) is 47.9 Å². The molecule has 2 aromatic rings. The largest absolute Gasteiger partial charge is 0.480 e. The van der Waals surface area contributed by atoms with Crippen LogP contribution in [0.4, 0.5) is 0 Å². The van der Waals surface area contributed by atoms with Crippen LogP contribution < -0.4 is 4.74 Å². The van der Waals surface area contributed by atoms with Crippen LogP contribution in [0.3, 0.4) is 0 Å². The Bertz CT molecular complexity index is 371. The number of aromatic nitrogens is 3. The van der Waals surface area contributed by atoms with E-state index in [-0.39, 0.29) is 0 Å². The molecule has 0 aliphatic heterocycles. The van der Waals surface area contributed by atoms with Crippen molar-refractivity contribution in [1.82, 2.24) is 15.2 Å². The maximum Gasteiger partial charge on any atom is 0.233 e. The zero-order valence-corrected chi connectivity index (χ0v) is 7.78. The highest BCUT2D eigenvalue weighted by molar-refractivity contribution is 7.13. The molecule has 2 rings (SSSR count). The Morgan fingerprint density at radius 2 is 2.23 bits per heavy atom. The van der Waals surface area contributed by atoms with Crippen molar-refractivity contribution in [3.8, 4) is 16.6 Å². The molecule has 0 spiro atoms. The van der Waals surface area contributed by atoms with Crippen molar-refractivity contribution in [1.29, 1.82) is 0 Å². The van der Waals surface area contributed by atoms with Gasteiger partial charge in [-0.25, -0.2) is 4.98 Å². The number of rotatable bonds is 2. The van der Waals surface area contributed by atoms with E-state index in [0.29, 0.717) is 5.88 Å². The minimum atomic E-state index is 0.514. The third kappa shape index (κ3) is 1.65. The first-order chi connectivity index (χ1) is 6.40. The highest BCUT2D eigenvalue weighted by Gasteiger charge is 2.02. The van der Waals surface area contributed by atoms with E-state index in [0.717, 1.165) is 10.7 Å². The Labute approximate surface area is 79.2 Å². The van der Waals surface area contributed by atoms with E-state index in [1.165, 1.54) is 11.3 Å². The summed E-state index contributed by atoms with van der Waals surface area (Å²) in [5, 5.41) is 10.6. The van der Waals surface area contributed by atoms with Gasteiger partial charge in [-0.2, -0.15) is 0 Å². The fourth-order valence-electron chi connectivity index (χ4n) is 0.893. The van der Waals surface area contributed by atoms with Crippen molar-refractivity contribution in [2.45, 2.75) is 0 Å². The van der Waals surface area contributed by atoms with E-state index in [9.17, 15) is 0 Å². The van der Waals surface area contributed by atoms with E-state index >= 15 is 0 Å². The van der Waals surface area contributed by atoms with Gasteiger partial charge in [-0.1, -0.05) is 0 Å². The summed E-state index contributed by atoms with van der Waals surface area (Å²) < 4.78 is 4.90. The molecule has 0 aromatic carbocycles. The summed E-state index contributed by atoms with van der Waals surface area (Å²) in [6.45, 7) is 0. The van der Waals surface area contributed by atoms with Gasteiger partial charge in [-0.05, 0) is 6.07 Å². The van der Waals surface area contributed by atoms with Crippen molar-refractivity contribution in [2.24, 2.45) is 0 Å². The summed E-state index contributed by atoms with van der Waals surface area (Å²) in [5.41, 5.74) is 0.774. The van der Waals surface area contributed by atoms with Crippen LogP contribution in [-0.2, 0) is 0 Å². The van der Waals surface area contributed by atoms with Crippen molar-refractivity contribution < 1.29 is 4.74 Å². The zero-order chi connectivity index (χ0) is 9.10. The molecule has 2 aromatic heterocycles. The van der Waals surface area contributed by atoms with Gasteiger partial charge in [0, 0.05) is 17.6 Å². The van der Waals surface area contributed by atoms with Gasteiger partial charge in [0.1, 0.15) is 10.7 Å². The molecule has 66 valence electrons. The lowest BCUT2D eigenvalue weighted by Gasteiger charge is -1.96. The second kappa shape index (κ2) is 3.49. The van der Waals surface area contributed by atoms with Crippen LogP contribution in [-0.4, -0.2) is 22.3 Å². The first kappa shape index (κ1) is 8.12. The van der Waals surface area contributed by atoms with Crippen LogP contribution in [0.15, 0.2) is 23.7 Å². The van der Waals surface area contributed by atoms with Gasteiger partial charge in [0.2, 0.25) is 5.88 Å². The molecule has 2 heterocycles. The number of thiazole rings is 1. The molecule has 0 atom stereocenters.